The Morgan fingerprint density at radius 1 is 1.15 bits per heavy atom. The number of nitrogens with zero attached hydrogens (tertiary/aromatic N) is 1. The van der Waals surface area contributed by atoms with E-state index in [1.54, 1.807) is 37.1 Å². The Hall–Kier alpha value is -3.00. The van der Waals surface area contributed by atoms with Gasteiger partial charge in [0.1, 0.15) is 11.6 Å². The van der Waals surface area contributed by atoms with Crippen molar-refractivity contribution < 1.29 is 13.6 Å². The van der Waals surface area contributed by atoms with Crippen molar-refractivity contribution in [2.24, 2.45) is 0 Å². The topological polar surface area (TPSA) is 81.0 Å². The first-order valence-electron chi connectivity index (χ1n) is 8.00. The van der Waals surface area contributed by atoms with E-state index in [-0.39, 0.29) is 18.1 Å². The molecular formula is C18H18F2N4O2. The number of anilines is 1. The summed E-state index contributed by atoms with van der Waals surface area (Å²) in [7, 11) is 1.68. The van der Waals surface area contributed by atoms with Crippen LogP contribution in [0.2, 0.25) is 0 Å². The van der Waals surface area contributed by atoms with Gasteiger partial charge in [0, 0.05) is 23.9 Å². The zero-order valence-electron chi connectivity index (χ0n) is 14.3. The van der Waals surface area contributed by atoms with E-state index in [4.69, 9.17) is 0 Å². The maximum Gasteiger partial charge on any atom is 0.323 e. The third-order valence-corrected chi connectivity index (χ3v) is 4.26. The second-order valence-corrected chi connectivity index (χ2v) is 6.16. The molecule has 0 radical (unpaired) electrons. The summed E-state index contributed by atoms with van der Waals surface area (Å²) in [4.78, 5) is 30.6. The fourth-order valence-electron chi connectivity index (χ4n) is 2.61. The van der Waals surface area contributed by atoms with E-state index in [9.17, 15) is 18.4 Å². The van der Waals surface area contributed by atoms with Crippen molar-refractivity contribution in [2.75, 3.05) is 12.4 Å². The van der Waals surface area contributed by atoms with E-state index in [1.165, 1.54) is 12.1 Å². The molecule has 3 aromatic rings. The molecule has 1 amide bonds. The molecule has 3 rings (SSSR count). The molecule has 0 aliphatic carbocycles. The Morgan fingerprint density at radius 3 is 2.62 bits per heavy atom. The van der Waals surface area contributed by atoms with Gasteiger partial charge in [-0.2, -0.15) is 0 Å². The highest BCUT2D eigenvalue weighted by Gasteiger charge is 2.19. The first kappa shape index (κ1) is 17.8. The number of carbonyl (C=O) groups is 1. The van der Waals surface area contributed by atoms with Gasteiger partial charge < -0.3 is 15.3 Å². The van der Waals surface area contributed by atoms with Crippen LogP contribution in [0, 0.1) is 11.6 Å². The van der Waals surface area contributed by atoms with Crippen molar-refractivity contribution in [1.82, 2.24) is 14.9 Å². The first-order chi connectivity index (χ1) is 12.3. The number of aromatic nitrogens is 2. The average molecular weight is 360 g/mol. The molecule has 0 saturated carbocycles. The van der Waals surface area contributed by atoms with Crippen LogP contribution in [0.4, 0.5) is 14.5 Å². The van der Waals surface area contributed by atoms with Crippen molar-refractivity contribution in [3.05, 3.63) is 64.1 Å². The van der Waals surface area contributed by atoms with Crippen molar-refractivity contribution in [1.29, 1.82) is 0 Å². The van der Waals surface area contributed by atoms with Crippen LogP contribution in [-0.2, 0) is 11.3 Å². The summed E-state index contributed by atoms with van der Waals surface area (Å²) in [5.41, 5.74) is 1.75. The Bertz CT molecular complexity index is 1010. The summed E-state index contributed by atoms with van der Waals surface area (Å²) in [6.07, 6.45) is 0. The molecule has 0 aliphatic heterocycles. The van der Waals surface area contributed by atoms with Crippen molar-refractivity contribution in [2.45, 2.75) is 19.5 Å². The molecule has 8 heteroatoms. The van der Waals surface area contributed by atoms with Gasteiger partial charge in [-0.15, -0.1) is 0 Å². The number of H-pyrrole nitrogens is 2. The molecule has 0 fully saturated rings. The number of halogens is 2. The smallest absolute Gasteiger partial charge is 0.323 e. The van der Waals surface area contributed by atoms with E-state index >= 15 is 0 Å². The molecule has 2 aromatic carbocycles. The number of fused-ring (bicyclic) bond motifs is 1. The number of carbonyl (C=O) groups excluding carboxylic acids is 1. The minimum absolute atomic E-state index is 0.158. The Balaban J connectivity index is 1.68. The predicted molar refractivity (Wildman–Crippen MR) is 94.8 cm³/mol. The molecule has 1 heterocycles. The normalized spacial score (nSPS) is 12.5. The monoisotopic (exact) mass is 360 g/mol. The van der Waals surface area contributed by atoms with Crippen molar-refractivity contribution in [3.8, 4) is 0 Å². The Morgan fingerprint density at radius 2 is 1.88 bits per heavy atom. The molecule has 0 saturated heterocycles. The fraction of sp³-hybridized carbons (Fsp3) is 0.222. The van der Waals surface area contributed by atoms with Gasteiger partial charge in [-0.3, -0.25) is 9.69 Å². The number of hydrogen-bond donors (Lipinski definition) is 3. The Labute approximate surface area is 147 Å². The second-order valence-electron chi connectivity index (χ2n) is 6.16. The highest BCUT2D eigenvalue weighted by Crippen LogP contribution is 2.16. The average Bonchev–Trinajstić information content (AvgIpc) is 2.95. The van der Waals surface area contributed by atoms with Crippen LogP contribution in [-0.4, -0.2) is 33.9 Å². The predicted octanol–water partition coefficient (Wildman–Crippen LogP) is 2.59. The van der Waals surface area contributed by atoms with Crippen LogP contribution in [0.5, 0.6) is 0 Å². The number of rotatable bonds is 5. The SMILES string of the molecule is C[C@H](C(=O)Nc1ccc2[nH]c(=O)[nH]c2c1)N(C)Cc1ccc(F)cc1F. The van der Waals surface area contributed by atoms with Crippen LogP contribution < -0.4 is 11.0 Å². The second kappa shape index (κ2) is 7.09. The molecule has 0 unspecified atom stereocenters. The van der Waals surface area contributed by atoms with Crippen LogP contribution in [0.15, 0.2) is 41.2 Å². The Kier molecular flexibility index (Phi) is 4.85. The molecular weight excluding hydrogens is 342 g/mol. The minimum atomic E-state index is -0.647. The van der Waals surface area contributed by atoms with Crippen LogP contribution in [0.3, 0.4) is 0 Å². The molecule has 1 atom stereocenters. The quantitative estimate of drug-likeness (QED) is 0.654. The van der Waals surface area contributed by atoms with Gasteiger partial charge in [-0.05, 0) is 38.2 Å². The molecule has 136 valence electrons. The highest BCUT2D eigenvalue weighted by atomic mass is 19.1. The summed E-state index contributed by atoms with van der Waals surface area (Å²) in [6, 6.07) is 7.83. The molecule has 3 N–H and O–H groups in total. The zero-order valence-corrected chi connectivity index (χ0v) is 14.3. The van der Waals surface area contributed by atoms with Crippen LogP contribution in [0.1, 0.15) is 12.5 Å². The first-order valence-corrected chi connectivity index (χ1v) is 8.00. The van der Waals surface area contributed by atoms with Crippen molar-refractivity contribution in [3.63, 3.8) is 0 Å². The number of hydrogen-bond acceptors (Lipinski definition) is 3. The van der Waals surface area contributed by atoms with Gasteiger partial charge in [0.05, 0.1) is 17.1 Å². The van der Waals surface area contributed by atoms with Gasteiger partial charge in [-0.1, -0.05) is 6.07 Å². The number of imidazole rings is 1. The summed E-state index contributed by atoms with van der Waals surface area (Å²) in [6.45, 7) is 1.85. The standard InChI is InChI=1S/C18H18F2N4O2/c1-10(24(2)9-11-3-4-12(19)7-14(11)20)17(25)21-13-5-6-15-16(8-13)23-18(26)22-15/h3-8,10H,9H2,1-2H3,(H,21,25)(H2,22,23,26)/t10-/m1/s1. The molecule has 6 nitrogen and oxygen atoms in total. The summed E-state index contributed by atoms with van der Waals surface area (Å²) < 4.78 is 26.8. The van der Waals surface area contributed by atoms with Gasteiger partial charge in [0.2, 0.25) is 5.91 Å². The lowest BCUT2D eigenvalue weighted by molar-refractivity contribution is -0.120. The number of nitrogens with one attached hydrogen (secondary N) is 3. The third kappa shape index (κ3) is 3.80. The van der Waals surface area contributed by atoms with Gasteiger partial charge in [0.25, 0.3) is 0 Å². The minimum Gasteiger partial charge on any atom is -0.325 e. The molecule has 0 aliphatic rings. The summed E-state index contributed by atoms with van der Waals surface area (Å²) in [5.74, 6) is -1.57. The summed E-state index contributed by atoms with van der Waals surface area (Å²) in [5, 5.41) is 2.76. The van der Waals surface area contributed by atoms with Crippen molar-refractivity contribution >= 4 is 22.6 Å². The molecule has 1 aromatic heterocycles. The van der Waals surface area contributed by atoms with E-state index in [1.807, 2.05) is 0 Å². The number of aromatic amines is 2. The summed E-state index contributed by atoms with van der Waals surface area (Å²) >= 11 is 0. The lowest BCUT2D eigenvalue weighted by Gasteiger charge is -2.24. The molecule has 0 bridgehead atoms. The van der Waals surface area contributed by atoms with E-state index < -0.39 is 17.7 Å². The van der Waals surface area contributed by atoms with Crippen LogP contribution in [0.25, 0.3) is 11.0 Å². The lowest BCUT2D eigenvalue weighted by atomic mass is 10.1. The molecule has 26 heavy (non-hydrogen) atoms. The lowest BCUT2D eigenvalue weighted by Crippen LogP contribution is -2.39. The fourth-order valence-corrected chi connectivity index (χ4v) is 2.61. The van der Waals surface area contributed by atoms with Gasteiger partial charge >= 0.3 is 5.69 Å². The molecule has 0 spiro atoms. The zero-order chi connectivity index (χ0) is 18.8. The maximum atomic E-state index is 13.8. The van der Waals surface area contributed by atoms with Gasteiger partial charge in [0.15, 0.2) is 0 Å². The third-order valence-electron chi connectivity index (χ3n) is 4.26. The largest absolute Gasteiger partial charge is 0.325 e. The highest BCUT2D eigenvalue weighted by molar-refractivity contribution is 5.96. The maximum absolute atomic E-state index is 13.8. The number of likely N-dealkylation sites (N-methyl/N-ethyl adjacent to an activating group) is 1. The number of amides is 1. The van der Waals surface area contributed by atoms with Crippen LogP contribution >= 0.6 is 0 Å². The van der Waals surface area contributed by atoms with Gasteiger partial charge in [-0.25, -0.2) is 13.6 Å². The van der Waals surface area contributed by atoms with E-state index in [0.717, 1.165) is 6.07 Å². The van der Waals surface area contributed by atoms with E-state index in [2.05, 4.69) is 15.3 Å². The number of benzene rings is 2. The van der Waals surface area contributed by atoms with E-state index in [0.29, 0.717) is 22.3 Å².